The molecule has 0 fully saturated rings. The fourth-order valence-electron chi connectivity index (χ4n) is 4.27. The third-order valence-corrected chi connectivity index (χ3v) is 6.02. The van der Waals surface area contributed by atoms with E-state index in [4.69, 9.17) is 9.72 Å². The number of nitrogens with one attached hydrogen (secondary N) is 1. The average Bonchev–Trinajstić information content (AvgIpc) is 3.17. The van der Waals surface area contributed by atoms with Gasteiger partial charge in [0.25, 0.3) is 0 Å². The van der Waals surface area contributed by atoms with Crippen molar-refractivity contribution in [2.45, 2.75) is 25.5 Å². The quantitative estimate of drug-likeness (QED) is 0.412. The number of phenolic OH excluding ortho intramolecular Hbond substituents is 1. The van der Waals surface area contributed by atoms with Crippen LogP contribution in [0.4, 0.5) is 5.82 Å². The highest BCUT2D eigenvalue weighted by atomic mass is 16.5. The maximum Gasteiger partial charge on any atom is 0.359 e. The number of rotatable bonds is 7. The molecule has 3 aromatic carbocycles. The minimum atomic E-state index is -0.403. The maximum atomic E-state index is 13.4. The minimum absolute atomic E-state index is 0.0166. The molecule has 1 aliphatic rings. The summed E-state index contributed by atoms with van der Waals surface area (Å²) >= 11 is 0. The van der Waals surface area contributed by atoms with Crippen molar-refractivity contribution in [1.82, 2.24) is 4.98 Å². The van der Waals surface area contributed by atoms with E-state index >= 15 is 0 Å². The lowest BCUT2D eigenvalue weighted by atomic mass is 10.1. The van der Waals surface area contributed by atoms with E-state index in [-0.39, 0.29) is 11.7 Å². The van der Waals surface area contributed by atoms with Crippen LogP contribution in [0.3, 0.4) is 0 Å². The van der Waals surface area contributed by atoms with E-state index in [1.165, 1.54) is 0 Å². The van der Waals surface area contributed by atoms with Crippen molar-refractivity contribution in [3.8, 4) is 17.0 Å². The van der Waals surface area contributed by atoms with Gasteiger partial charge in [-0.1, -0.05) is 66.7 Å². The number of phenols is 1. The molecule has 1 aliphatic heterocycles. The lowest BCUT2D eigenvalue weighted by Gasteiger charge is -2.08. The molecule has 0 amide bonds. The Morgan fingerprint density at radius 2 is 1.65 bits per heavy atom. The number of benzene rings is 3. The lowest BCUT2D eigenvalue weighted by Crippen LogP contribution is -2.44. The smallest absolute Gasteiger partial charge is 0.359 e. The van der Waals surface area contributed by atoms with Gasteiger partial charge < -0.3 is 9.84 Å². The van der Waals surface area contributed by atoms with Crippen LogP contribution in [0.15, 0.2) is 85.1 Å². The summed E-state index contributed by atoms with van der Waals surface area (Å²) < 4.78 is 6.92. The van der Waals surface area contributed by atoms with Crippen LogP contribution in [-0.2, 0) is 24.2 Å². The van der Waals surface area contributed by atoms with Crippen LogP contribution < -0.4 is 9.88 Å². The van der Waals surface area contributed by atoms with E-state index in [2.05, 4.69) is 17.4 Å². The fraction of sp³-hybridized carbons (Fsp3) is 0.179. The first-order valence-electron chi connectivity index (χ1n) is 11.3. The summed E-state index contributed by atoms with van der Waals surface area (Å²) in [5.74, 6) is 0.928. The number of methoxy groups -OCH3 is 1. The average molecular weight is 453 g/mol. The zero-order valence-electron chi connectivity index (χ0n) is 18.9. The largest absolute Gasteiger partial charge is 0.508 e. The molecule has 170 valence electrons. The molecule has 2 heterocycles. The first kappa shape index (κ1) is 21.8. The van der Waals surface area contributed by atoms with Gasteiger partial charge in [0.05, 0.1) is 6.61 Å². The van der Waals surface area contributed by atoms with Crippen LogP contribution in [0, 0.1) is 0 Å². The molecule has 0 bridgehead atoms. The van der Waals surface area contributed by atoms with Crippen LogP contribution in [0.2, 0.25) is 0 Å². The second-order valence-corrected chi connectivity index (χ2v) is 8.49. The number of fused-ring (bicyclic) bond motifs is 1. The third-order valence-electron chi connectivity index (χ3n) is 6.02. The fourth-order valence-corrected chi connectivity index (χ4v) is 4.27. The molecule has 6 heteroatoms. The number of aromatic hydroxyl groups is 1. The number of carbonyl (C=O) groups is 1. The minimum Gasteiger partial charge on any atom is -0.508 e. The van der Waals surface area contributed by atoms with E-state index < -0.39 is 6.04 Å². The number of hydrogen-bond acceptors (Lipinski definition) is 5. The molecule has 5 rings (SSSR count). The Balaban J connectivity index is 1.51. The zero-order chi connectivity index (χ0) is 23.5. The standard InChI is InChI=1S/C28H25N3O3/c1-34-18-21-7-11-22(12-8-21)26-17-31-27(24(29-26)15-19-5-3-2-4-6-19)30-25(28(31)33)16-20-9-13-23(32)14-10-20/h2-14,17,25,32H,15-16,18H2,1H3/p+1. The Morgan fingerprint density at radius 1 is 0.941 bits per heavy atom. The van der Waals surface area contributed by atoms with Crippen molar-refractivity contribution in [1.29, 1.82) is 0 Å². The van der Waals surface area contributed by atoms with Gasteiger partial charge >= 0.3 is 11.7 Å². The molecule has 34 heavy (non-hydrogen) atoms. The second-order valence-electron chi connectivity index (χ2n) is 8.49. The third kappa shape index (κ3) is 4.54. The van der Waals surface area contributed by atoms with Gasteiger partial charge in [0, 0.05) is 25.5 Å². The summed E-state index contributed by atoms with van der Waals surface area (Å²) in [7, 11) is 1.68. The highest BCUT2D eigenvalue weighted by molar-refractivity contribution is 5.82. The predicted molar refractivity (Wildman–Crippen MR) is 130 cm³/mol. The van der Waals surface area contributed by atoms with Gasteiger partial charge in [-0.05, 0) is 28.8 Å². The zero-order valence-corrected chi connectivity index (χ0v) is 18.9. The Bertz CT molecular complexity index is 1300. The van der Waals surface area contributed by atoms with Crippen molar-refractivity contribution in [2.75, 3.05) is 12.4 Å². The van der Waals surface area contributed by atoms with Gasteiger partial charge in [0.15, 0.2) is 6.04 Å². The Morgan fingerprint density at radius 3 is 2.35 bits per heavy atom. The maximum absolute atomic E-state index is 13.4. The number of aromatic nitrogens is 2. The summed E-state index contributed by atoms with van der Waals surface area (Å²) in [5, 5.41) is 13.0. The lowest BCUT2D eigenvalue weighted by molar-refractivity contribution is -0.552. The first-order valence-corrected chi connectivity index (χ1v) is 11.3. The number of carbonyl (C=O) groups excluding carboxylic acids is 1. The van der Waals surface area contributed by atoms with Gasteiger partial charge in [-0.15, -0.1) is 0 Å². The van der Waals surface area contributed by atoms with Crippen molar-refractivity contribution >= 4 is 11.7 Å². The molecular weight excluding hydrogens is 426 g/mol. The van der Waals surface area contributed by atoms with E-state index in [1.807, 2.05) is 60.8 Å². The molecule has 6 nitrogen and oxygen atoms in total. The molecule has 4 aromatic rings. The first-order chi connectivity index (χ1) is 16.6. The highest BCUT2D eigenvalue weighted by Gasteiger charge is 2.41. The van der Waals surface area contributed by atoms with Crippen LogP contribution >= 0.6 is 0 Å². The molecule has 0 saturated carbocycles. The summed E-state index contributed by atoms with van der Waals surface area (Å²) in [6.07, 6.45) is 2.95. The number of ether oxygens (including phenoxy) is 1. The van der Waals surface area contributed by atoms with Crippen LogP contribution in [0.25, 0.3) is 11.3 Å². The van der Waals surface area contributed by atoms with Crippen molar-refractivity contribution < 1.29 is 19.2 Å². The molecule has 1 aromatic heterocycles. The summed E-state index contributed by atoms with van der Waals surface area (Å²) in [6.45, 7) is 0.549. The SMILES string of the molecule is COCc1ccc(-c2c[n+]3c(c(Cc4ccccc4)n2)NC(Cc2ccc(O)cc2)C3=O)cc1. The summed E-state index contributed by atoms with van der Waals surface area (Å²) in [5.41, 5.74) is 5.70. The second kappa shape index (κ2) is 9.45. The van der Waals surface area contributed by atoms with Gasteiger partial charge in [0.1, 0.15) is 23.3 Å². The molecule has 1 unspecified atom stereocenters. The number of anilines is 1. The number of hydrogen-bond donors (Lipinski definition) is 2. The monoisotopic (exact) mass is 452 g/mol. The molecule has 1 atom stereocenters. The van der Waals surface area contributed by atoms with Crippen molar-refractivity contribution in [2.24, 2.45) is 0 Å². The van der Waals surface area contributed by atoms with Gasteiger partial charge in [-0.3, -0.25) is 5.32 Å². The highest BCUT2D eigenvalue weighted by Crippen LogP contribution is 2.25. The molecule has 0 spiro atoms. The Kier molecular flexibility index (Phi) is 6.06. The van der Waals surface area contributed by atoms with Gasteiger partial charge in [-0.25, -0.2) is 9.78 Å². The molecule has 0 aliphatic carbocycles. The molecular formula is C28H26N3O3+. The Labute approximate surface area is 198 Å². The van der Waals surface area contributed by atoms with E-state index in [9.17, 15) is 9.90 Å². The molecule has 0 saturated heterocycles. The summed E-state index contributed by atoms with van der Waals surface area (Å²) in [4.78, 5) is 18.4. The van der Waals surface area contributed by atoms with Crippen LogP contribution in [0.5, 0.6) is 5.75 Å². The molecule has 2 N–H and O–H groups in total. The van der Waals surface area contributed by atoms with Crippen LogP contribution in [0.1, 0.15) is 27.2 Å². The number of nitrogens with zero attached hydrogens (tertiary/aromatic N) is 2. The van der Waals surface area contributed by atoms with E-state index in [0.29, 0.717) is 19.4 Å². The van der Waals surface area contributed by atoms with E-state index in [0.717, 1.165) is 39.5 Å². The summed E-state index contributed by atoms with van der Waals surface area (Å²) in [6, 6.07) is 24.8. The Hall–Kier alpha value is -4.03. The van der Waals surface area contributed by atoms with Crippen molar-refractivity contribution in [3.63, 3.8) is 0 Å². The van der Waals surface area contributed by atoms with Crippen LogP contribution in [-0.4, -0.2) is 29.1 Å². The van der Waals surface area contributed by atoms with E-state index in [1.54, 1.807) is 23.8 Å². The topological polar surface area (TPSA) is 75.3 Å². The van der Waals surface area contributed by atoms with Gasteiger partial charge in [-0.2, -0.15) is 4.57 Å². The normalized spacial score (nSPS) is 14.6. The van der Waals surface area contributed by atoms with Crippen molar-refractivity contribution in [3.05, 3.63) is 107 Å². The predicted octanol–water partition coefficient (Wildman–Crippen LogP) is 4.16. The molecule has 0 radical (unpaired) electrons. The van der Waals surface area contributed by atoms with Gasteiger partial charge in [0.2, 0.25) is 0 Å².